The fourth-order valence-electron chi connectivity index (χ4n) is 2.53. The zero-order valence-corrected chi connectivity index (χ0v) is 14.2. The second-order valence-corrected chi connectivity index (χ2v) is 5.40. The van der Waals surface area contributed by atoms with Gasteiger partial charge in [0.25, 0.3) is 0 Å². The van der Waals surface area contributed by atoms with E-state index in [1.807, 2.05) is 13.8 Å². The lowest BCUT2D eigenvalue weighted by molar-refractivity contribution is -0.119. The van der Waals surface area contributed by atoms with Crippen LogP contribution in [-0.4, -0.2) is 31.9 Å². The monoisotopic (exact) mass is 320 g/mol. The van der Waals surface area contributed by atoms with E-state index in [2.05, 4.69) is 0 Å². The predicted molar refractivity (Wildman–Crippen MR) is 86.5 cm³/mol. The summed E-state index contributed by atoms with van der Waals surface area (Å²) in [5.74, 6) is -0.832. The number of hydrogen-bond donors (Lipinski definition) is 0. The molecule has 1 atom stereocenters. The van der Waals surface area contributed by atoms with E-state index >= 15 is 0 Å². The summed E-state index contributed by atoms with van der Waals surface area (Å²) in [6, 6.07) is 5.04. The van der Waals surface area contributed by atoms with Crippen LogP contribution >= 0.6 is 0 Å². The first-order valence-electron chi connectivity index (χ1n) is 7.78. The van der Waals surface area contributed by atoms with Gasteiger partial charge in [0.05, 0.1) is 25.3 Å². The minimum atomic E-state index is -0.579. The largest absolute Gasteiger partial charge is 0.465 e. The van der Waals surface area contributed by atoms with E-state index in [0.717, 1.165) is 6.42 Å². The molecule has 0 aliphatic carbocycles. The Hall–Kier alpha value is -2.17. The number of hydrogen-bond acceptors (Lipinski definition) is 5. The molecule has 5 heteroatoms. The van der Waals surface area contributed by atoms with Gasteiger partial charge in [0.2, 0.25) is 0 Å². The Morgan fingerprint density at radius 3 is 2.22 bits per heavy atom. The Bertz CT molecular complexity index is 577. The maximum absolute atomic E-state index is 12.1. The van der Waals surface area contributed by atoms with E-state index in [9.17, 15) is 14.4 Å². The fourth-order valence-corrected chi connectivity index (χ4v) is 2.53. The van der Waals surface area contributed by atoms with Crippen LogP contribution in [-0.2, 0) is 20.7 Å². The van der Waals surface area contributed by atoms with Gasteiger partial charge in [0.1, 0.15) is 5.78 Å². The van der Waals surface area contributed by atoms with E-state index in [1.54, 1.807) is 18.2 Å². The van der Waals surface area contributed by atoms with E-state index in [4.69, 9.17) is 9.47 Å². The van der Waals surface area contributed by atoms with Gasteiger partial charge in [0.15, 0.2) is 0 Å². The van der Waals surface area contributed by atoms with Crippen molar-refractivity contribution in [3.63, 3.8) is 0 Å². The number of Topliss-reactive ketones (excluding diaryl/α,β-unsaturated/α-hetero) is 1. The molecule has 1 unspecified atom stereocenters. The number of rotatable bonds is 8. The molecule has 0 bridgehead atoms. The van der Waals surface area contributed by atoms with E-state index in [1.165, 1.54) is 14.2 Å². The highest BCUT2D eigenvalue weighted by Crippen LogP contribution is 2.23. The molecule has 0 N–H and O–H groups in total. The minimum absolute atomic E-state index is 0.124. The number of ketones is 1. The molecular weight excluding hydrogens is 296 g/mol. The van der Waals surface area contributed by atoms with Gasteiger partial charge in [0, 0.05) is 12.8 Å². The highest BCUT2D eigenvalue weighted by Gasteiger charge is 2.23. The minimum Gasteiger partial charge on any atom is -0.465 e. The highest BCUT2D eigenvalue weighted by molar-refractivity contribution is 6.04. The van der Waals surface area contributed by atoms with Crippen molar-refractivity contribution < 1.29 is 23.9 Å². The molecule has 0 aromatic heterocycles. The van der Waals surface area contributed by atoms with Crippen molar-refractivity contribution in [3.8, 4) is 0 Å². The molecule has 0 aliphatic heterocycles. The Kier molecular flexibility index (Phi) is 7.45. The third kappa shape index (κ3) is 4.91. The number of carbonyl (C=O) groups is 3. The van der Waals surface area contributed by atoms with Crippen molar-refractivity contribution in [2.75, 3.05) is 14.2 Å². The second-order valence-electron chi connectivity index (χ2n) is 5.40. The summed E-state index contributed by atoms with van der Waals surface area (Å²) in [6.07, 6.45) is 2.32. The molecule has 1 rings (SSSR count). The summed E-state index contributed by atoms with van der Waals surface area (Å²) in [6.45, 7) is 3.85. The zero-order chi connectivity index (χ0) is 17.4. The standard InChI is InChI=1S/C18H24O5/c1-5-12(11-14(19)6-2)10-13-8-7-9-15(17(20)22-3)16(13)18(21)23-4/h7-9,12H,5-6,10-11H2,1-4H3. The molecule has 0 saturated carbocycles. The maximum atomic E-state index is 12.1. The third-order valence-electron chi connectivity index (χ3n) is 3.94. The molecule has 126 valence electrons. The summed E-state index contributed by atoms with van der Waals surface area (Å²) in [7, 11) is 2.54. The molecule has 23 heavy (non-hydrogen) atoms. The number of methoxy groups -OCH3 is 2. The number of benzene rings is 1. The second kappa shape index (κ2) is 9.08. The molecule has 0 amide bonds. The first kappa shape index (κ1) is 18.9. The quantitative estimate of drug-likeness (QED) is 0.688. The molecule has 5 nitrogen and oxygen atoms in total. The molecule has 1 aromatic carbocycles. The fraction of sp³-hybridized carbons (Fsp3) is 0.500. The maximum Gasteiger partial charge on any atom is 0.339 e. The molecule has 0 heterocycles. The number of carbonyl (C=O) groups excluding carboxylic acids is 3. The van der Waals surface area contributed by atoms with Gasteiger partial charge in [-0.2, -0.15) is 0 Å². The van der Waals surface area contributed by atoms with E-state index < -0.39 is 11.9 Å². The Morgan fingerprint density at radius 1 is 1.04 bits per heavy atom. The summed E-state index contributed by atoms with van der Waals surface area (Å²) in [5.41, 5.74) is 1.12. The normalized spacial score (nSPS) is 11.7. The smallest absolute Gasteiger partial charge is 0.339 e. The van der Waals surface area contributed by atoms with Crippen molar-refractivity contribution in [3.05, 3.63) is 34.9 Å². The lowest BCUT2D eigenvalue weighted by atomic mass is 9.88. The summed E-state index contributed by atoms with van der Waals surface area (Å²) in [4.78, 5) is 35.7. The molecule has 0 spiro atoms. The van der Waals surface area contributed by atoms with Gasteiger partial charge >= 0.3 is 11.9 Å². The molecule has 0 fully saturated rings. The lowest BCUT2D eigenvalue weighted by Crippen LogP contribution is -2.17. The molecule has 0 radical (unpaired) electrons. The van der Waals surface area contributed by atoms with Crippen LogP contribution in [0.3, 0.4) is 0 Å². The Balaban J connectivity index is 3.21. The first-order valence-corrected chi connectivity index (χ1v) is 7.78. The van der Waals surface area contributed by atoms with Gasteiger partial charge in [-0.1, -0.05) is 32.4 Å². The van der Waals surface area contributed by atoms with Crippen molar-refractivity contribution in [2.45, 2.75) is 39.5 Å². The van der Waals surface area contributed by atoms with Crippen LogP contribution in [0.2, 0.25) is 0 Å². The predicted octanol–water partition coefficient (Wildman–Crippen LogP) is 3.20. The average molecular weight is 320 g/mol. The Labute approximate surface area is 137 Å². The topological polar surface area (TPSA) is 69.7 Å². The van der Waals surface area contributed by atoms with Crippen molar-refractivity contribution >= 4 is 17.7 Å². The zero-order valence-electron chi connectivity index (χ0n) is 14.2. The van der Waals surface area contributed by atoms with Crippen molar-refractivity contribution in [1.82, 2.24) is 0 Å². The van der Waals surface area contributed by atoms with Gasteiger partial charge in [-0.15, -0.1) is 0 Å². The third-order valence-corrected chi connectivity index (χ3v) is 3.94. The summed E-state index contributed by atoms with van der Waals surface area (Å²) < 4.78 is 9.56. The molecule has 0 saturated heterocycles. The van der Waals surface area contributed by atoms with E-state index in [0.29, 0.717) is 24.8 Å². The van der Waals surface area contributed by atoms with E-state index in [-0.39, 0.29) is 22.8 Å². The van der Waals surface area contributed by atoms with Crippen LogP contribution in [0.1, 0.15) is 59.4 Å². The van der Waals surface area contributed by atoms with Crippen LogP contribution in [0.25, 0.3) is 0 Å². The average Bonchev–Trinajstić information content (AvgIpc) is 2.59. The number of ether oxygens (including phenoxy) is 2. The highest BCUT2D eigenvalue weighted by atomic mass is 16.5. The lowest BCUT2D eigenvalue weighted by Gasteiger charge is -2.17. The summed E-state index contributed by atoms with van der Waals surface area (Å²) in [5, 5.41) is 0. The van der Waals surface area contributed by atoms with Gasteiger partial charge in [-0.25, -0.2) is 9.59 Å². The van der Waals surface area contributed by atoms with Crippen LogP contribution in [0, 0.1) is 5.92 Å². The van der Waals surface area contributed by atoms with Crippen LogP contribution in [0.15, 0.2) is 18.2 Å². The van der Waals surface area contributed by atoms with Crippen LogP contribution < -0.4 is 0 Å². The van der Waals surface area contributed by atoms with Gasteiger partial charge in [-0.05, 0) is 24.0 Å². The number of esters is 2. The van der Waals surface area contributed by atoms with Gasteiger partial charge in [-0.3, -0.25) is 4.79 Å². The molecule has 1 aromatic rings. The molecule has 0 aliphatic rings. The Morgan fingerprint density at radius 2 is 1.70 bits per heavy atom. The van der Waals surface area contributed by atoms with Gasteiger partial charge < -0.3 is 9.47 Å². The molecular formula is C18H24O5. The van der Waals surface area contributed by atoms with Crippen LogP contribution in [0.5, 0.6) is 0 Å². The van der Waals surface area contributed by atoms with Crippen molar-refractivity contribution in [2.24, 2.45) is 5.92 Å². The summed E-state index contributed by atoms with van der Waals surface area (Å²) >= 11 is 0. The van der Waals surface area contributed by atoms with Crippen molar-refractivity contribution in [1.29, 1.82) is 0 Å². The van der Waals surface area contributed by atoms with Crippen LogP contribution in [0.4, 0.5) is 0 Å². The SMILES string of the molecule is CCC(=O)CC(CC)Cc1cccc(C(=O)OC)c1C(=O)OC. The first-order chi connectivity index (χ1) is 11.0.